The van der Waals surface area contributed by atoms with E-state index in [-0.39, 0.29) is 24.4 Å². The summed E-state index contributed by atoms with van der Waals surface area (Å²) in [5.41, 5.74) is 0.722. The number of benzene rings is 1. The fourth-order valence-electron chi connectivity index (χ4n) is 2.36. The Morgan fingerprint density at radius 1 is 1.25 bits per heavy atom. The monoisotopic (exact) mass is 336 g/mol. The molecule has 0 unspecified atom stereocenters. The van der Waals surface area contributed by atoms with Gasteiger partial charge in [0.1, 0.15) is 13.2 Å². The molecule has 1 aliphatic heterocycles. The molecule has 1 heterocycles. The standard InChI is InChI=1S/C17H24N2O5/c1-17(2,11-18-16(22)19(3)7-6-15(20)21)12-4-5-13-14(10-12)24-9-8-23-13/h4-5,10H,6-9,11H2,1-3H3,(H,18,22)(H,20,21). The minimum absolute atomic E-state index is 0.0739. The van der Waals surface area contributed by atoms with Crippen molar-refractivity contribution in [1.82, 2.24) is 10.2 Å². The molecule has 0 spiro atoms. The summed E-state index contributed by atoms with van der Waals surface area (Å²) in [5, 5.41) is 11.5. The molecule has 0 saturated heterocycles. The molecule has 132 valence electrons. The maximum absolute atomic E-state index is 12.0. The highest BCUT2D eigenvalue weighted by Gasteiger charge is 2.24. The van der Waals surface area contributed by atoms with Crippen molar-refractivity contribution in [2.45, 2.75) is 25.7 Å². The van der Waals surface area contributed by atoms with E-state index in [1.807, 2.05) is 32.0 Å². The molecule has 0 atom stereocenters. The van der Waals surface area contributed by atoms with Crippen molar-refractivity contribution >= 4 is 12.0 Å². The molecule has 1 aromatic carbocycles. The van der Waals surface area contributed by atoms with Gasteiger partial charge in [-0.2, -0.15) is 0 Å². The Morgan fingerprint density at radius 2 is 1.92 bits per heavy atom. The van der Waals surface area contributed by atoms with Crippen LogP contribution >= 0.6 is 0 Å². The Hall–Kier alpha value is -2.44. The Bertz CT molecular complexity index is 615. The Labute approximate surface area is 141 Å². The molecule has 0 bridgehead atoms. The highest BCUT2D eigenvalue weighted by Crippen LogP contribution is 2.34. The molecule has 1 aliphatic rings. The number of amides is 2. The molecule has 2 rings (SSSR count). The second kappa shape index (κ2) is 7.42. The number of ether oxygens (including phenoxy) is 2. The van der Waals surface area contributed by atoms with Gasteiger partial charge in [-0.1, -0.05) is 19.9 Å². The summed E-state index contributed by atoms with van der Waals surface area (Å²) in [6, 6.07) is 5.50. The summed E-state index contributed by atoms with van der Waals surface area (Å²) in [7, 11) is 1.58. The third kappa shape index (κ3) is 4.53. The van der Waals surface area contributed by atoms with Crippen molar-refractivity contribution in [3.63, 3.8) is 0 Å². The molecule has 0 radical (unpaired) electrons. The lowest BCUT2D eigenvalue weighted by molar-refractivity contribution is -0.137. The maximum atomic E-state index is 12.0. The van der Waals surface area contributed by atoms with Crippen LogP contribution in [0, 0.1) is 0 Å². The van der Waals surface area contributed by atoms with Crippen LogP contribution in [-0.2, 0) is 10.2 Å². The van der Waals surface area contributed by atoms with Crippen LogP contribution < -0.4 is 14.8 Å². The van der Waals surface area contributed by atoms with Crippen molar-refractivity contribution in [2.75, 3.05) is 33.4 Å². The number of aliphatic carboxylic acids is 1. The topological polar surface area (TPSA) is 88.1 Å². The van der Waals surface area contributed by atoms with Gasteiger partial charge in [-0.3, -0.25) is 4.79 Å². The zero-order chi connectivity index (χ0) is 17.7. The predicted molar refractivity (Wildman–Crippen MR) is 88.7 cm³/mol. The Balaban J connectivity index is 1.95. The third-order valence-electron chi connectivity index (χ3n) is 4.01. The zero-order valence-corrected chi connectivity index (χ0v) is 14.3. The average Bonchev–Trinajstić information content (AvgIpc) is 2.57. The number of hydrogen-bond acceptors (Lipinski definition) is 4. The van der Waals surface area contributed by atoms with E-state index in [1.165, 1.54) is 4.90 Å². The first-order valence-electron chi connectivity index (χ1n) is 7.90. The van der Waals surface area contributed by atoms with Crippen LogP contribution in [0.15, 0.2) is 18.2 Å². The van der Waals surface area contributed by atoms with E-state index >= 15 is 0 Å². The number of carbonyl (C=O) groups is 2. The van der Waals surface area contributed by atoms with Crippen molar-refractivity contribution in [3.05, 3.63) is 23.8 Å². The number of nitrogens with one attached hydrogen (secondary N) is 1. The fourth-order valence-corrected chi connectivity index (χ4v) is 2.36. The Kier molecular flexibility index (Phi) is 5.54. The lowest BCUT2D eigenvalue weighted by Crippen LogP contribution is -2.43. The number of rotatable bonds is 6. The van der Waals surface area contributed by atoms with Gasteiger partial charge in [0.2, 0.25) is 0 Å². The molecule has 24 heavy (non-hydrogen) atoms. The Morgan fingerprint density at radius 3 is 2.58 bits per heavy atom. The molecule has 7 heteroatoms. The summed E-state index contributed by atoms with van der Waals surface area (Å²) in [4.78, 5) is 24.0. The second-order valence-electron chi connectivity index (χ2n) is 6.47. The van der Waals surface area contributed by atoms with Gasteiger partial charge >= 0.3 is 12.0 Å². The molecule has 2 N–H and O–H groups in total. The van der Waals surface area contributed by atoms with E-state index in [0.717, 1.165) is 17.1 Å². The SMILES string of the molecule is CN(CCC(=O)O)C(=O)NCC(C)(C)c1ccc2c(c1)OCCO2. The molecular formula is C17H24N2O5. The van der Waals surface area contributed by atoms with Crippen LogP contribution in [-0.4, -0.2) is 55.4 Å². The van der Waals surface area contributed by atoms with Crippen molar-refractivity contribution in [2.24, 2.45) is 0 Å². The average molecular weight is 336 g/mol. The van der Waals surface area contributed by atoms with Crippen molar-refractivity contribution in [3.8, 4) is 11.5 Å². The molecule has 2 amide bonds. The van der Waals surface area contributed by atoms with Crippen molar-refractivity contribution < 1.29 is 24.2 Å². The normalized spacial score (nSPS) is 13.3. The second-order valence-corrected chi connectivity index (χ2v) is 6.47. The quantitative estimate of drug-likeness (QED) is 0.828. The summed E-state index contributed by atoms with van der Waals surface area (Å²) in [6.45, 7) is 5.72. The van der Waals surface area contributed by atoms with Gasteiger partial charge in [-0.15, -0.1) is 0 Å². The minimum Gasteiger partial charge on any atom is -0.486 e. The van der Waals surface area contributed by atoms with Gasteiger partial charge in [-0.25, -0.2) is 4.79 Å². The van der Waals surface area contributed by atoms with Crippen LogP contribution in [0.5, 0.6) is 11.5 Å². The van der Waals surface area contributed by atoms with Gasteiger partial charge in [0.25, 0.3) is 0 Å². The smallest absolute Gasteiger partial charge is 0.317 e. The van der Waals surface area contributed by atoms with E-state index in [4.69, 9.17) is 14.6 Å². The summed E-state index contributed by atoms with van der Waals surface area (Å²) in [5.74, 6) is 0.529. The summed E-state index contributed by atoms with van der Waals surface area (Å²) in [6.07, 6.45) is -0.0739. The molecule has 0 fully saturated rings. The van der Waals surface area contributed by atoms with E-state index in [1.54, 1.807) is 7.05 Å². The highest BCUT2D eigenvalue weighted by atomic mass is 16.6. The van der Waals surface area contributed by atoms with Gasteiger partial charge in [0.15, 0.2) is 11.5 Å². The minimum atomic E-state index is -0.925. The van der Waals surface area contributed by atoms with Gasteiger partial charge in [-0.05, 0) is 17.7 Å². The summed E-state index contributed by atoms with van der Waals surface area (Å²) >= 11 is 0. The molecular weight excluding hydrogens is 312 g/mol. The first kappa shape index (κ1) is 17.9. The number of hydrogen-bond donors (Lipinski definition) is 2. The van der Waals surface area contributed by atoms with E-state index in [0.29, 0.717) is 19.8 Å². The van der Waals surface area contributed by atoms with Crippen LogP contribution in [0.1, 0.15) is 25.8 Å². The lowest BCUT2D eigenvalue weighted by atomic mass is 9.84. The number of carbonyl (C=O) groups excluding carboxylic acids is 1. The number of nitrogens with zero attached hydrogens (tertiary/aromatic N) is 1. The van der Waals surface area contributed by atoms with Crippen LogP contribution in [0.25, 0.3) is 0 Å². The fraction of sp³-hybridized carbons (Fsp3) is 0.529. The van der Waals surface area contributed by atoms with Crippen LogP contribution in [0.3, 0.4) is 0 Å². The molecule has 7 nitrogen and oxygen atoms in total. The van der Waals surface area contributed by atoms with Crippen molar-refractivity contribution in [1.29, 1.82) is 0 Å². The van der Waals surface area contributed by atoms with Gasteiger partial charge in [0, 0.05) is 25.6 Å². The number of fused-ring (bicyclic) bond motifs is 1. The maximum Gasteiger partial charge on any atom is 0.317 e. The van der Waals surface area contributed by atoms with Gasteiger partial charge in [0.05, 0.1) is 6.42 Å². The molecule has 1 aromatic rings. The molecule has 0 aliphatic carbocycles. The third-order valence-corrected chi connectivity index (χ3v) is 4.01. The van der Waals surface area contributed by atoms with E-state index in [9.17, 15) is 9.59 Å². The van der Waals surface area contributed by atoms with Crippen LogP contribution in [0.4, 0.5) is 4.79 Å². The van der Waals surface area contributed by atoms with Gasteiger partial charge < -0.3 is 24.8 Å². The van der Waals surface area contributed by atoms with Crippen LogP contribution in [0.2, 0.25) is 0 Å². The molecule has 0 saturated carbocycles. The largest absolute Gasteiger partial charge is 0.486 e. The van der Waals surface area contributed by atoms with E-state index in [2.05, 4.69) is 5.32 Å². The lowest BCUT2D eigenvalue weighted by Gasteiger charge is -2.29. The predicted octanol–water partition coefficient (Wildman–Crippen LogP) is 1.85. The molecule has 0 aromatic heterocycles. The summed E-state index contributed by atoms with van der Waals surface area (Å²) < 4.78 is 11.1. The number of carboxylic acid groups (broad SMARTS) is 1. The number of urea groups is 1. The number of carboxylic acids is 1. The highest BCUT2D eigenvalue weighted by molar-refractivity contribution is 5.75. The first-order chi connectivity index (χ1) is 11.3. The van der Waals surface area contributed by atoms with E-state index < -0.39 is 5.97 Å². The first-order valence-corrected chi connectivity index (χ1v) is 7.90. The zero-order valence-electron chi connectivity index (χ0n) is 14.3.